The van der Waals surface area contributed by atoms with E-state index in [2.05, 4.69) is 20.6 Å². The van der Waals surface area contributed by atoms with Gasteiger partial charge in [-0.25, -0.2) is 14.8 Å². The molecular weight excluding hydrogens is 336 g/mol. The number of nitrogens with zero attached hydrogens (tertiary/aromatic N) is 2. The van der Waals surface area contributed by atoms with Crippen molar-refractivity contribution in [2.75, 3.05) is 17.2 Å². The van der Waals surface area contributed by atoms with Crippen LogP contribution in [0.3, 0.4) is 0 Å². The lowest BCUT2D eigenvalue weighted by Gasteiger charge is -2.19. The summed E-state index contributed by atoms with van der Waals surface area (Å²) >= 11 is 0. The number of carbonyl (C=O) groups is 2. The Balaban J connectivity index is 1.64. The SMILES string of the molecule is CC(C)(C)OC(=O)Nc1cnc(NC(=O)c2cccc3c2OCC3)cn1. The highest BCUT2D eigenvalue weighted by atomic mass is 16.6. The highest BCUT2D eigenvalue weighted by Gasteiger charge is 2.21. The molecule has 1 aromatic heterocycles. The van der Waals surface area contributed by atoms with Crippen LogP contribution in [0.2, 0.25) is 0 Å². The summed E-state index contributed by atoms with van der Waals surface area (Å²) in [6.07, 6.45) is 2.86. The summed E-state index contributed by atoms with van der Waals surface area (Å²) < 4.78 is 10.7. The van der Waals surface area contributed by atoms with Crippen LogP contribution < -0.4 is 15.4 Å². The number of ether oxygens (including phenoxy) is 2. The normalized spacial score (nSPS) is 12.7. The summed E-state index contributed by atoms with van der Waals surface area (Å²) in [4.78, 5) is 32.3. The van der Waals surface area contributed by atoms with Gasteiger partial charge < -0.3 is 14.8 Å². The van der Waals surface area contributed by atoms with Crippen LogP contribution in [0.25, 0.3) is 0 Å². The number of hydrogen-bond donors (Lipinski definition) is 2. The number of hydrogen-bond acceptors (Lipinski definition) is 6. The second-order valence-electron chi connectivity index (χ2n) is 6.76. The van der Waals surface area contributed by atoms with Crippen LogP contribution in [0.4, 0.5) is 16.4 Å². The fraction of sp³-hybridized carbons (Fsp3) is 0.333. The lowest BCUT2D eigenvalue weighted by molar-refractivity contribution is 0.0635. The van der Waals surface area contributed by atoms with Gasteiger partial charge in [-0.3, -0.25) is 10.1 Å². The van der Waals surface area contributed by atoms with E-state index in [0.717, 1.165) is 12.0 Å². The zero-order chi connectivity index (χ0) is 18.7. The maximum absolute atomic E-state index is 12.4. The molecule has 8 heteroatoms. The Hall–Kier alpha value is -3.16. The van der Waals surface area contributed by atoms with E-state index >= 15 is 0 Å². The van der Waals surface area contributed by atoms with Crippen molar-refractivity contribution in [3.8, 4) is 5.75 Å². The van der Waals surface area contributed by atoms with E-state index in [-0.39, 0.29) is 17.5 Å². The Labute approximate surface area is 150 Å². The van der Waals surface area contributed by atoms with E-state index in [1.165, 1.54) is 12.4 Å². The Morgan fingerprint density at radius 1 is 1.12 bits per heavy atom. The second kappa shape index (κ2) is 6.99. The van der Waals surface area contributed by atoms with Gasteiger partial charge in [0, 0.05) is 6.42 Å². The van der Waals surface area contributed by atoms with Gasteiger partial charge in [-0.15, -0.1) is 0 Å². The van der Waals surface area contributed by atoms with Crippen molar-refractivity contribution in [2.45, 2.75) is 32.8 Å². The molecule has 0 radical (unpaired) electrons. The first kappa shape index (κ1) is 17.7. The van der Waals surface area contributed by atoms with Crippen LogP contribution in [0.15, 0.2) is 30.6 Å². The highest BCUT2D eigenvalue weighted by molar-refractivity contribution is 6.06. The minimum Gasteiger partial charge on any atom is -0.492 e. The molecular formula is C18H20N4O4. The zero-order valence-electron chi connectivity index (χ0n) is 14.8. The third-order valence-electron chi connectivity index (χ3n) is 3.48. The first-order chi connectivity index (χ1) is 12.3. The van der Waals surface area contributed by atoms with Crippen molar-refractivity contribution in [3.05, 3.63) is 41.7 Å². The van der Waals surface area contributed by atoms with Crippen molar-refractivity contribution in [3.63, 3.8) is 0 Å². The molecule has 0 fully saturated rings. The zero-order valence-corrected chi connectivity index (χ0v) is 14.8. The molecule has 0 saturated carbocycles. The molecule has 0 saturated heterocycles. The second-order valence-corrected chi connectivity index (χ2v) is 6.76. The van der Waals surface area contributed by atoms with Gasteiger partial charge in [0.2, 0.25) is 0 Å². The molecule has 3 rings (SSSR count). The van der Waals surface area contributed by atoms with Gasteiger partial charge in [-0.05, 0) is 32.4 Å². The van der Waals surface area contributed by atoms with Gasteiger partial charge in [0.05, 0.1) is 24.6 Å². The highest BCUT2D eigenvalue weighted by Crippen LogP contribution is 2.29. The maximum atomic E-state index is 12.4. The van der Waals surface area contributed by atoms with Gasteiger partial charge in [-0.1, -0.05) is 12.1 Å². The van der Waals surface area contributed by atoms with Gasteiger partial charge in [0.1, 0.15) is 11.4 Å². The number of anilines is 2. The molecule has 0 spiro atoms. The quantitative estimate of drug-likeness (QED) is 0.876. The van der Waals surface area contributed by atoms with Crippen molar-refractivity contribution in [1.29, 1.82) is 0 Å². The van der Waals surface area contributed by atoms with Crippen LogP contribution in [-0.2, 0) is 11.2 Å². The molecule has 136 valence electrons. The van der Waals surface area contributed by atoms with Gasteiger partial charge in [-0.2, -0.15) is 0 Å². The molecule has 1 aromatic carbocycles. The standard InChI is InChI=1S/C18H20N4O4/c1-18(2,3)26-17(24)22-14-10-19-13(9-20-14)21-16(23)12-6-4-5-11-7-8-25-15(11)12/h4-6,9-10H,7-8H2,1-3H3,(H,19,21,23)(H,20,22,24). The maximum Gasteiger partial charge on any atom is 0.413 e. The molecule has 2 N–H and O–H groups in total. The number of fused-ring (bicyclic) bond motifs is 1. The number of amides is 2. The van der Waals surface area contributed by atoms with Crippen molar-refractivity contribution in [1.82, 2.24) is 9.97 Å². The monoisotopic (exact) mass is 356 g/mol. The van der Waals surface area contributed by atoms with E-state index in [4.69, 9.17) is 9.47 Å². The number of nitrogens with one attached hydrogen (secondary N) is 2. The van der Waals surface area contributed by atoms with Crippen LogP contribution in [0, 0.1) is 0 Å². The summed E-state index contributed by atoms with van der Waals surface area (Å²) in [7, 11) is 0. The third-order valence-corrected chi connectivity index (χ3v) is 3.48. The Kier molecular flexibility index (Phi) is 4.75. The lowest BCUT2D eigenvalue weighted by Crippen LogP contribution is -2.27. The molecule has 1 aliphatic heterocycles. The smallest absolute Gasteiger partial charge is 0.413 e. The van der Waals surface area contributed by atoms with E-state index in [1.54, 1.807) is 26.8 Å². The predicted molar refractivity (Wildman–Crippen MR) is 95.5 cm³/mol. The topological polar surface area (TPSA) is 102 Å². The first-order valence-electron chi connectivity index (χ1n) is 8.20. The summed E-state index contributed by atoms with van der Waals surface area (Å²) in [6, 6.07) is 5.46. The summed E-state index contributed by atoms with van der Waals surface area (Å²) in [6.45, 7) is 5.87. The molecule has 0 unspecified atom stereocenters. The molecule has 2 amide bonds. The average Bonchev–Trinajstić information content (AvgIpc) is 3.03. The Morgan fingerprint density at radius 3 is 2.46 bits per heavy atom. The number of benzene rings is 1. The minimum absolute atomic E-state index is 0.223. The van der Waals surface area contributed by atoms with E-state index in [0.29, 0.717) is 17.9 Å². The van der Waals surface area contributed by atoms with Crippen LogP contribution in [0.1, 0.15) is 36.7 Å². The minimum atomic E-state index is -0.624. The lowest BCUT2D eigenvalue weighted by atomic mass is 10.1. The van der Waals surface area contributed by atoms with Crippen molar-refractivity contribution < 1.29 is 19.1 Å². The summed E-state index contributed by atoms with van der Waals surface area (Å²) in [5.74, 6) is 0.772. The number of rotatable bonds is 3. The van der Waals surface area contributed by atoms with Crippen LogP contribution >= 0.6 is 0 Å². The number of para-hydroxylation sites is 1. The molecule has 2 aromatic rings. The first-order valence-corrected chi connectivity index (χ1v) is 8.20. The third kappa shape index (κ3) is 4.27. The molecule has 0 atom stereocenters. The Morgan fingerprint density at radius 2 is 1.81 bits per heavy atom. The van der Waals surface area contributed by atoms with Gasteiger partial charge in [0.15, 0.2) is 11.6 Å². The van der Waals surface area contributed by atoms with Crippen molar-refractivity contribution >= 4 is 23.6 Å². The predicted octanol–water partition coefficient (Wildman–Crippen LogP) is 3.01. The van der Waals surface area contributed by atoms with Crippen molar-refractivity contribution in [2.24, 2.45) is 0 Å². The molecule has 8 nitrogen and oxygen atoms in total. The van der Waals surface area contributed by atoms with E-state index < -0.39 is 11.7 Å². The average molecular weight is 356 g/mol. The largest absolute Gasteiger partial charge is 0.492 e. The molecule has 1 aliphatic rings. The van der Waals surface area contributed by atoms with Gasteiger partial charge in [0.25, 0.3) is 5.91 Å². The van der Waals surface area contributed by atoms with Gasteiger partial charge >= 0.3 is 6.09 Å². The van der Waals surface area contributed by atoms with Crippen LogP contribution in [0.5, 0.6) is 5.75 Å². The molecule has 2 heterocycles. The molecule has 26 heavy (non-hydrogen) atoms. The summed E-state index contributed by atoms with van der Waals surface area (Å²) in [5.41, 5.74) is 0.863. The Bertz CT molecular complexity index is 828. The van der Waals surface area contributed by atoms with E-state index in [9.17, 15) is 9.59 Å². The fourth-order valence-electron chi connectivity index (χ4n) is 2.44. The van der Waals surface area contributed by atoms with E-state index in [1.807, 2.05) is 12.1 Å². The summed E-state index contributed by atoms with van der Waals surface area (Å²) in [5, 5.41) is 5.15. The number of aromatic nitrogens is 2. The molecule has 0 aliphatic carbocycles. The number of carbonyl (C=O) groups excluding carboxylic acids is 2. The fourth-order valence-corrected chi connectivity index (χ4v) is 2.44. The molecule has 0 bridgehead atoms. The van der Waals surface area contributed by atoms with Crippen LogP contribution in [-0.4, -0.2) is 34.2 Å².